The van der Waals surface area contributed by atoms with Gasteiger partial charge in [0.1, 0.15) is 0 Å². The topological polar surface area (TPSA) is 68.3 Å². The number of benzene rings is 1. The van der Waals surface area contributed by atoms with Gasteiger partial charge >= 0.3 is 5.97 Å². The molecule has 24 heavy (non-hydrogen) atoms. The standard InChI is InChI=1S/C18H22N2O3S/c1-12(18(22)19-13-6-2-3-7-13)23-17(21)11-10-16-20-14-8-4-5-9-15(14)24-16/h4-5,8-9,12-13H,2-3,6-7,10-11H2,1H3,(H,19,22)/t12-/m0/s1. The Morgan fingerprint density at radius 3 is 2.83 bits per heavy atom. The van der Waals surface area contributed by atoms with Crippen LogP contribution in [0.25, 0.3) is 10.2 Å². The molecule has 2 aromatic rings. The lowest BCUT2D eigenvalue weighted by atomic mass is 10.2. The minimum atomic E-state index is -0.742. The first kappa shape index (κ1) is 16.9. The smallest absolute Gasteiger partial charge is 0.306 e. The lowest BCUT2D eigenvalue weighted by molar-refractivity contribution is -0.155. The quantitative estimate of drug-likeness (QED) is 0.816. The first-order valence-corrected chi connectivity index (χ1v) is 9.28. The lowest BCUT2D eigenvalue weighted by Crippen LogP contribution is -2.40. The normalized spacial score (nSPS) is 16.2. The highest BCUT2D eigenvalue weighted by Gasteiger charge is 2.23. The number of aryl methyl sites for hydroxylation is 1. The van der Waals surface area contributed by atoms with E-state index in [1.165, 1.54) is 0 Å². The Kier molecular flexibility index (Phi) is 5.45. The van der Waals surface area contributed by atoms with Crippen molar-refractivity contribution in [3.05, 3.63) is 29.3 Å². The minimum Gasteiger partial charge on any atom is -0.453 e. The van der Waals surface area contributed by atoms with Gasteiger partial charge in [-0.2, -0.15) is 0 Å². The summed E-state index contributed by atoms with van der Waals surface area (Å²) in [6.45, 7) is 1.62. The van der Waals surface area contributed by atoms with Gasteiger partial charge < -0.3 is 10.1 Å². The summed E-state index contributed by atoms with van der Waals surface area (Å²) < 4.78 is 6.36. The van der Waals surface area contributed by atoms with Crippen LogP contribution in [0.4, 0.5) is 0 Å². The number of rotatable bonds is 6. The molecule has 1 N–H and O–H groups in total. The van der Waals surface area contributed by atoms with Gasteiger partial charge in [-0.25, -0.2) is 4.98 Å². The Morgan fingerprint density at radius 1 is 1.33 bits per heavy atom. The van der Waals surface area contributed by atoms with Crippen LogP contribution in [0, 0.1) is 0 Å². The molecule has 1 saturated carbocycles. The van der Waals surface area contributed by atoms with Crippen LogP contribution in [-0.2, 0) is 20.7 Å². The van der Waals surface area contributed by atoms with Gasteiger partial charge in [0.15, 0.2) is 6.10 Å². The van der Waals surface area contributed by atoms with E-state index in [0.717, 1.165) is 40.9 Å². The third-order valence-corrected chi connectivity index (χ3v) is 5.36. The number of ether oxygens (including phenoxy) is 1. The highest BCUT2D eigenvalue weighted by molar-refractivity contribution is 7.18. The number of hydrogen-bond acceptors (Lipinski definition) is 5. The molecule has 0 radical (unpaired) electrons. The predicted molar refractivity (Wildman–Crippen MR) is 93.9 cm³/mol. The molecular formula is C18H22N2O3S. The minimum absolute atomic E-state index is 0.199. The molecule has 1 aromatic carbocycles. The molecule has 1 atom stereocenters. The van der Waals surface area contributed by atoms with Crippen LogP contribution in [-0.4, -0.2) is 29.0 Å². The predicted octanol–water partition coefficient (Wildman–Crippen LogP) is 3.22. The van der Waals surface area contributed by atoms with Crippen LogP contribution in [0.5, 0.6) is 0 Å². The van der Waals surface area contributed by atoms with Crippen LogP contribution in [0.15, 0.2) is 24.3 Å². The van der Waals surface area contributed by atoms with Gasteiger partial charge in [-0.05, 0) is 31.9 Å². The van der Waals surface area contributed by atoms with Crippen LogP contribution >= 0.6 is 11.3 Å². The van der Waals surface area contributed by atoms with Crippen molar-refractivity contribution in [3.8, 4) is 0 Å². The molecule has 0 unspecified atom stereocenters. The molecule has 0 bridgehead atoms. The maximum Gasteiger partial charge on any atom is 0.306 e. The molecule has 0 spiro atoms. The number of hydrogen-bond donors (Lipinski definition) is 1. The number of carbonyl (C=O) groups is 2. The number of amides is 1. The number of para-hydroxylation sites is 1. The number of nitrogens with one attached hydrogen (secondary N) is 1. The van der Waals surface area contributed by atoms with Gasteiger partial charge in [0.05, 0.1) is 21.6 Å². The fourth-order valence-corrected chi connectivity index (χ4v) is 3.90. The number of nitrogens with zero attached hydrogens (tertiary/aromatic N) is 1. The number of esters is 1. The highest BCUT2D eigenvalue weighted by atomic mass is 32.1. The van der Waals surface area contributed by atoms with Crippen molar-refractivity contribution in [2.45, 2.75) is 57.6 Å². The second-order valence-electron chi connectivity index (χ2n) is 6.20. The van der Waals surface area contributed by atoms with Crippen LogP contribution in [0.2, 0.25) is 0 Å². The summed E-state index contributed by atoms with van der Waals surface area (Å²) in [5.74, 6) is -0.557. The van der Waals surface area contributed by atoms with Gasteiger partial charge in [0.2, 0.25) is 0 Å². The molecular weight excluding hydrogens is 324 g/mol. The van der Waals surface area contributed by atoms with Crippen LogP contribution in [0.1, 0.15) is 44.0 Å². The third-order valence-electron chi connectivity index (χ3n) is 4.26. The maximum atomic E-state index is 12.0. The summed E-state index contributed by atoms with van der Waals surface area (Å²) in [5, 5.41) is 3.86. The number of aromatic nitrogens is 1. The highest BCUT2D eigenvalue weighted by Crippen LogP contribution is 2.22. The molecule has 128 valence electrons. The van der Waals surface area contributed by atoms with Crippen molar-refractivity contribution >= 4 is 33.4 Å². The molecule has 1 heterocycles. The zero-order chi connectivity index (χ0) is 16.9. The Morgan fingerprint density at radius 2 is 2.08 bits per heavy atom. The number of fused-ring (bicyclic) bond motifs is 1. The molecule has 0 saturated heterocycles. The molecule has 1 amide bonds. The van der Waals surface area contributed by atoms with E-state index in [2.05, 4.69) is 10.3 Å². The van der Waals surface area contributed by atoms with E-state index in [4.69, 9.17) is 4.74 Å². The zero-order valence-corrected chi connectivity index (χ0v) is 14.6. The van der Waals surface area contributed by atoms with Gasteiger partial charge in [-0.1, -0.05) is 25.0 Å². The largest absolute Gasteiger partial charge is 0.453 e. The Labute approximate surface area is 145 Å². The Bertz CT molecular complexity index is 689. The maximum absolute atomic E-state index is 12.0. The zero-order valence-electron chi connectivity index (χ0n) is 13.8. The van der Waals surface area contributed by atoms with Crippen molar-refractivity contribution < 1.29 is 14.3 Å². The molecule has 1 fully saturated rings. The molecule has 1 aliphatic rings. The summed E-state index contributed by atoms with van der Waals surface area (Å²) in [6, 6.07) is 8.14. The van der Waals surface area contributed by atoms with E-state index in [-0.39, 0.29) is 24.3 Å². The van der Waals surface area contributed by atoms with E-state index in [1.807, 2.05) is 24.3 Å². The average Bonchev–Trinajstić information content (AvgIpc) is 3.21. The first-order chi connectivity index (χ1) is 11.6. The Hall–Kier alpha value is -1.95. The van der Waals surface area contributed by atoms with Gasteiger partial charge in [-0.15, -0.1) is 11.3 Å². The second kappa shape index (κ2) is 7.75. The fourth-order valence-electron chi connectivity index (χ4n) is 2.93. The molecule has 1 aromatic heterocycles. The van der Waals surface area contributed by atoms with E-state index in [0.29, 0.717) is 6.42 Å². The van der Waals surface area contributed by atoms with E-state index < -0.39 is 6.10 Å². The second-order valence-corrected chi connectivity index (χ2v) is 7.31. The van der Waals surface area contributed by atoms with Crippen molar-refractivity contribution in [2.75, 3.05) is 0 Å². The summed E-state index contributed by atoms with van der Waals surface area (Å²) in [6.07, 6.45) is 4.38. The molecule has 6 heteroatoms. The summed E-state index contributed by atoms with van der Waals surface area (Å²) in [7, 11) is 0. The van der Waals surface area contributed by atoms with Crippen LogP contribution < -0.4 is 5.32 Å². The van der Waals surface area contributed by atoms with Crippen LogP contribution in [0.3, 0.4) is 0 Å². The van der Waals surface area contributed by atoms with E-state index in [9.17, 15) is 9.59 Å². The molecule has 1 aliphatic carbocycles. The molecule has 3 rings (SSSR count). The monoisotopic (exact) mass is 346 g/mol. The average molecular weight is 346 g/mol. The van der Waals surface area contributed by atoms with Gasteiger partial charge in [-0.3, -0.25) is 9.59 Å². The SMILES string of the molecule is C[C@H](OC(=O)CCc1nc2ccccc2s1)C(=O)NC1CCCC1. The first-order valence-electron chi connectivity index (χ1n) is 8.46. The van der Waals surface area contributed by atoms with Crippen molar-refractivity contribution in [1.29, 1.82) is 0 Å². The Balaban J connectivity index is 1.45. The number of thiazole rings is 1. The number of carbonyl (C=O) groups excluding carboxylic acids is 2. The van der Waals surface area contributed by atoms with E-state index >= 15 is 0 Å². The van der Waals surface area contributed by atoms with Gasteiger partial charge in [0, 0.05) is 12.5 Å². The van der Waals surface area contributed by atoms with Gasteiger partial charge in [0.25, 0.3) is 5.91 Å². The summed E-state index contributed by atoms with van der Waals surface area (Å²) in [4.78, 5) is 28.5. The molecule has 0 aliphatic heterocycles. The summed E-state index contributed by atoms with van der Waals surface area (Å²) >= 11 is 1.59. The third kappa shape index (κ3) is 4.32. The van der Waals surface area contributed by atoms with Crippen molar-refractivity contribution in [1.82, 2.24) is 10.3 Å². The lowest BCUT2D eigenvalue weighted by Gasteiger charge is -2.17. The van der Waals surface area contributed by atoms with E-state index in [1.54, 1.807) is 18.3 Å². The molecule has 5 nitrogen and oxygen atoms in total. The fraction of sp³-hybridized carbons (Fsp3) is 0.500. The van der Waals surface area contributed by atoms with Crippen molar-refractivity contribution in [2.24, 2.45) is 0 Å². The van der Waals surface area contributed by atoms with Crippen molar-refractivity contribution in [3.63, 3.8) is 0 Å². The summed E-state index contributed by atoms with van der Waals surface area (Å²) in [5.41, 5.74) is 0.954.